The van der Waals surface area contributed by atoms with E-state index in [1.165, 1.54) is 6.21 Å². The molecule has 0 radical (unpaired) electrons. The summed E-state index contributed by atoms with van der Waals surface area (Å²) < 4.78 is 10.9. The molecule has 0 saturated heterocycles. The third kappa shape index (κ3) is 6.27. The Kier molecular flexibility index (Phi) is 7.17. The predicted octanol–water partition coefficient (Wildman–Crippen LogP) is 4.36. The highest BCUT2D eigenvalue weighted by Gasteiger charge is 2.10. The Balaban J connectivity index is 1.47. The molecular formula is C25H24N2O4. The maximum absolute atomic E-state index is 12.3. The zero-order valence-corrected chi connectivity index (χ0v) is 17.7. The van der Waals surface area contributed by atoms with Crippen molar-refractivity contribution in [2.75, 3.05) is 6.61 Å². The Labute approximate surface area is 181 Å². The normalized spacial score (nSPS) is 10.7. The lowest BCUT2D eigenvalue weighted by atomic mass is 10.1. The van der Waals surface area contributed by atoms with Crippen molar-refractivity contribution in [3.8, 4) is 11.5 Å². The van der Waals surface area contributed by atoms with Crippen LogP contribution >= 0.6 is 0 Å². The summed E-state index contributed by atoms with van der Waals surface area (Å²) in [4.78, 5) is 24.1. The summed E-state index contributed by atoms with van der Waals surface area (Å²) in [6.45, 7) is 5.73. The smallest absolute Gasteiger partial charge is 0.343 e. The molecule has 0 bridgehead atoms. The number of rotatable bonds is 7. The van der Waals surface area contributed by atoms with Gasteiger partial charge in [0.05, 0.1) is 11.8 Å². The second kappa shape index (κ2) is 10.2. The van der Waals surface area contributed by atoms with E-state index >= 15 is 0 Å². The molecule has 6 heteroatoms. The van der Waals surface area contributed by atoms with Crippen molar-refractivity contribution in [1.82, 2.24) is 5.43 Å². The van der Waals surface area contributed by atoms with Crippen molar-refractivity contribution in [3.63, 3.8) is 0 Å². The molecular weight excluding hydrogens is 392 g/mol. The highest BCUT2D eigenvalue weighted by atomic mass is 16.5. The second-order valence-electron chi connectivity index (χ2n) is 7.10. The molecule has 0 heterocycles. The van der Waals surface area contributed by atoms with Gasteiger partial charge in [0.25, 0.3) is 5.91 Å². The van der Waals surface area contributed by atoms with Crippen LogP contribution in [0.15, 0.2) is 71.8 Å². The second-order valence-corrected chi connectivity index (χ2v) is 7.10. The van der Waals surface area contributed by atoms with E-state index in [9.17, 15) is 9.59 Å². The van der Waals surface area contributed by atoms with Crippen LogP contribution in [0.1, 0.15) is 32.6 Å². The van der Waals surface area contributed by atoms with Crippen LogP contribution in [0.25, 0.3) is 0 Å². The van der Waals surface area contributed by atoms with Crippen molar-refractivity contribution in [3.05, 3.63) is 94.5 Å². The third-order valence-electron chi connectivity index (χ3n) is 4.71. The number of hydrazone groups is 1. The summed E-state index contributed by atoms with van der Waals surface area (Å²) in [5, 5.41) is 3.92. The number of nitrogens with one attached hydrogen (secondary N) is 1. The van der Waals surface area contributed by atoms with Gasteiger partial charge in [-0.25, -0.2) is 10.2 Å². The number of esters is 1. The molecule has 0 spiro atoms. The minimum absolute atomic E-state index is 0.131. The summed E-state index contributed by atoms with van der Waals surface area (Å²) in [6.07, 6.45) is 1.50. The molecule has 1 N–H and O–H groups in total. The monoisotopic (exact) mass is 416 g/mol. The molecule has 1 amide bonds. The highest BCUT2D eigenvalue weighted by Crippen LogP contribution is 2.17. The molecule has 0 aliphatic carbocycles. The molecule has 0 fully saturated rings. The van der Waals surface area contributed by atoms with Gasteiger partial charge in [0, 0.05) is 0 Å². The molecule has 0 atom stereocenters. The van der Waals surface area contributed by atoms with E-state index in [1.807, 2.05) is 51.1 Å². The Hall–Kier alpha value is -3.93. The first-order chi connectivity index (χ1) is 14.9. The van der Waals surface area contributed by atoms with Crippen LogP contribution in [-0.4, -0.2) is 24.7 Å². The van der Waals surface area contributed by atoms with E-state index in [0.717, 1.165) is 22.3 Å². The summed E-state index contributed by atoms with van der Waals surface area (Å²) in [5.74, 6) is 0.295. The van der Waals surface area contributed by atoms with Crippen LogP contribution in [0, 0.1) is 20.8 Å². The quantitative estimate of drug-likeness (QED) is 0.269. The van der Waals surface area contributed by atoms with Crippen molar-refractivity contribution < 1.29 is 19.1 Å². The topological polar surface area (TPSA) is 77.0 Å². The van der Waals surface area contributed by atoms with Crippen LogP contribution in [0.2, 0.25) is 0 Å². The number of nitrogens with zero attached hydrogens (tertiary/aromatic N) is 1. The zero-order chi connectivity index (χ0) is 22.2. The molecule has 31 heavy (non-hydrogen) atoms. The van der Waals surface area contributed by atoms with Gasteiger partial charge >= 0.3 is 5.97 Å². The SMILES string of the molecule is Cc1ccc(OCC(=O)N/N=C\c2ccc(OC(=O)c3ccccc3C)cc2)cc1C. The van der Waals surface area contributed by atoms with E-state index in [1.54, 1.807) is 36.4 Å². The van der Waals surface area contributed by atoms with Gasteiger partial charge in [0.2, 0.25) is 0 Å². The third-order valence-corrected chi connectivity index (χ3v) is 4.71. The first kappa shape index (κ1) is 21.8. The molecule has 6 nitrogen and oxygen atoms in total. The number of carbonyl (C=O) groups is 2. The summed E-state index contributed by atoms with van der Waals surface area (Å²) in [5.41, 5.74) is 6.81. The van der Waals surface area contributed by atoms with Crippen molar-refractivity contribution in [2.45, 2.75) is 20.8 Å². The molecule has 3 aromatic carbocycles. The summed E-state index contributed by atoms with van der Waals surface area (Å²) in [7, 11) is 0. The average molecular weight is 416 g/mol. The number of carbonyl (C=O) groups excluding carboxylic acids is 2. The Morgan fingerprint density at radius 3 is 2.29 bits per heavy atom. The summed E-state index contributed by atoms with van der Waals surface area (Å²) >= 11 is 0. The van der Waals surface area contributed by atoms with E-state index in [-0.39, 0.29) is 12.5 Å². The molecule has 0 saturated carbocycles. The van der Waals surface area contributed by atoms with Gasteiger partial charge < -0.3 is 9.47 Å². The Bertz CT molecular complexity index is 1100. The maximum Gasteiger partial charge on any atom is 0.343 e. The van der Waals surface area contributed by atoms with Crippen molar-refractivity contribution in [2.24, 2.45) is 5.10 Å². The minimum Gasteiger partial charge on any atom is -0.484 e. The molecule has 0 unspecified atom stereocenters. The standard InChI is InChI=1S/C25H24N2O4/c1-17-8-11-22(14-19(17)3)30-16-24(28)27-26-15-20-9-12-21(13-10-20)31-25(29)23-7-5-4-6-18(23)2/h4-15H,16H2,1-3H3,(H,27,28)/b26-15-. The lowest BCUT2D eigenvalue weighted by Gasteiger charge is -2.07. The van der Waals surface area contributed by atoms with Gasteiger partial charge in [-0.05, 0) is 85.5 Å². The number of hydrogen-bond acceptors (Lipinski definition) is 5. The molecule has 3 rings (SSSR count). The average Bonchev–Trinajstić information content (AvgIpc) is 2.76. The van der Waals surface area contributed by atoms with Gasteiger partial charge in [-0.15, -0.1) is 0 Å². The summed E-state index contributed by atoms with van der Waals surface area (Å²) in [6, 6.07) is 19.7. The molecule has 0 aliphatic heterocycles. The number of ether oxygens (including phenoxy) is 2. The largest absolute Gasteiger partial charge is 0.484 e. The number of hydrogen-bond donors (Lipinski definition) is 1. The molecule has 3 aromatic rings. The highest BCUT2D eigenvalue weighted by molar-refractivity contribution is 5.92. The number of aryl methyl sites for hydroxylation is 3. The first-order valence-electron chi connectivity index (χ1n) is 9.82. The van der Waals surface area contributed by atoms with E-state index in [2.05, 4.69) is 10.5 Å². The van der Waals surface area contributed by atoms with E-state index in [4.69, 9.17) is 9.47 Å². The van der Waals surface area contributed by atoms with Gasteiger partial charge in [0.15, 0.2) is 6.61 Å². The van der Waals surface area contributed by atoms with Crippen molar-refractivity contribution in [1.29, 1.82) is 0 Å². The van der Waals surface area contributed by atoms with Crippen LogP contribution in [0.3, 0.4) is 0 Å². The van der Waals surface area contributed by atoms with Gasteiger partial charge in [0.1, 0.15) is 11.5 Å². The Morgan fingerprint density at radius 2 is 1.58 bits per heavy atom. The van der Waals surface area contributed by atoms with Crippen molar-refractivity contribution >= 4 is 18.1 Å². The van der Waals surface area contributed by atoms with Crippen LogP contribution in [0.5, 0.6) is 11.5 Å². The van der Waals surface area contributed by atoms with Crippen LogP contribution in [-0.2, 0) is 4.79 Å². The van der Waals surface area contributed by atoms with Crippen LogP contribution < -0.4 is 14.9 Å². The van der Waals surface area contributed by atoms with Gasteiger partial charge in [-0.3, -0.25) is 4.79 Å². The zero-order valence-electron chi connectivity index (χ0n) is 17.7. The fourth-order valence-electron chi connectivity index (χ4n) is 2.75. The number of benzene rings is 3. The van der Waals surface area contributed by atoms with E-state index in [0.29, 0.717) is 17.1 Å². The van der Waals surface area contributed by atoms with Gasteiger partial charge in [-0.2, -0.15) is 5.10 Å². The van der Waals surface area contributed by atoms with Gasteiger partial charge in [-0.1, -0.05) is 24.3 Å². The minimum atomic E-state index is -0.407. The molecule has 0 aliphatic rings. The fourth-order valence-corrected chi connectivity index (χ4v) is 2.75. The first-order valence-corrected chi connectivity index (χ1v) is 9.82. The van der Waals surface area contributed by atoms with Crippen LogP contribution in [0.4, 0.5) is 0 Å². The Morgan fingerprint density at radius 1 is 0.871 bits per heavy atom. The lowest BCUT2D eigenvalue weighted by Crippen LogP contribution is -2.24. The number of amides is 1. The van der Waals surface area contributed by atoms with E-state index < -0.39 is 5.97 Å². The maximum atomic E-state index is 12.3. The lowest BCUT2D eigenvalue weighted by molar-refractivity contribution is -0.123. The molecule has 0 aromatic heterocycles. The predicted molar refractivity (Wildman–Crippen MR) is 120 cm³/mol. The molecule has 158 valence electrons. The fraction of sp³-hybridized carbons (Fsp3) is 0.160.